The van der Waals surface area contributed by atoms with Crippen molar-refractivity contribution in [3.05, 3.63) is 35.4 Å². The summed E-state index contributed by atoms with van der Waals surface area (Å²) in [6.45, 7) is -0.0394. The second-order valence-electron chi connectivity index (χ2n) is 4.28. The third kappa shape index (κ3) is 8.35. The molecule has 0 unspecified atom stereocenters. The van der Waals surface area contributed by atoms with Crippen LogP contribution < -0.4 is 10.6 Å². The number of halogens is 6. The second-order valence-corrected chi connectivity index (χ2v) is 4.28. The molecule has 0 radical (unpaired) electrons. The Hall–Kier alpha value is -1.13. The molecule has 0 aliphatic heterocycles. The van der Waals surface area contributed by atoms with Crippen LogP contribution in [0.15, 0.2) is 23.2 Å². The number of guanidine groups is 1. The van der Waals surface area contributed by atoms with Gasteiger partial charge in [-0.3, -0.25) is 4.99 Å². The molecule has 0 heterocycles. The molecule has 1 aromatic carbocycles. The van der Waals surface area contributed by atoms with Crippen molar-refractivity contribution in [2.75, 3.05) is 20.1 Å². The van der Waals surface area contributed by atoms with Crippen LogP contribution in [0, 0.1) is 11.6 Å². The average molecular weight is 437 g/mol. The topological polar surface area (TPSA) is 36.4 Å². The van der Waals surface area contributed by atoms with Crippen molar-refractivity contribution in [3.8, 4) is 0 Å². The van der Waals surface area contributed by atoms with Gasteiger partial charge >= 0.3 is 6.18 Å². The van der Waals surface area contributed by atoms with E-state index in [-0.39, 0.29) is 49.4 Å². The van der Waals surface area contributed by atoms with Crippen molar-refractivity contribution in [2.24, 2.45) is 4.99 Å². The lowest BCUT2D eigenvalue weighted by atomic mass is 10.1. The van der Waals surface area contributed by atoms with Crippen LogP contribution >= 0.6 is 24.0 Å². The minimum atomic E-state index is -4.23. The number of nitrogens with zero attached hydrogens (tertiary/aromatic N) is 1. The van der Waals surface area contributed by atoms with Gasteiger partial charge in [-0.2, -0.15) is 13.2 Å². The lowest BCUT2D eigenvalue weighted by Gasteiger charge is -2.13. The Kier molecular flexibility index (Phi) is 9.30. The molecular weight excluding hydrogens is 420 g/mol. The molecule has 3 nitrogen and oxygen atoms in total. The Morgan fingerprint density at radius 2 is 1.77 bits per heavy atom. The third-order valence-corrected chi connectivity index (χ3v) is 2.63. The number of aliphatic imine (C=N–C) groups is 1. The molecule has 0 aliphatic rings. The van der Waals surface area contributed by atoms with Gasteiger partial charge in [0.25, 0.3) is 0 Å². The van der Waals surface area contributed by atoms with Gasteiger partial charge in [-0.1, -0.05) is 6.07 Å². The van der Waals surface area contributed by atoms with Gasteiger partial charge in [-0.25, -0.2) is 8.78 Å². The number of benzene rings is 1. The number of nitrogens with one attached hydrogen (secondary N) is 2. The lowest BCUT2D eigenvalue weighted by Crippen LogP contribution is -2.39. The van der Waals surface area contributed by atoms with Crippen LogP contribution in [0.25, 0.3) is 0 Å². The number of rotatable bonds is 5. The fourth-order valence-corrected chi connectivity index (χ4v) is 1.58. The van der Waals surface area contributed by atoms with E-state index in [1.807, 2.05) is 0 Å². The standard InChI is InChI=1S/C13H16F5N3.HI/c1-19-12(21-7-5-13(16,17)18)20-6-4-9-2-3-10(14)8-11(9)15;/h2-3,8H,4-7H2,1H3,(H2,19,20,21);1H. The molecule has 1 aromatic rings. The van der Waals surface area contributed by atoms with Gasteiger partial charge in [0.15, 0.2) is 5.96 Å². The minimum absolute atomic E-state index is 0. The van der Waals surface area contributed by atoms with Crippen molar-refractivity contribution in [2.45, 2.75) is 19.0 Å². The zero-order valence-corrected chi connectivity index (χ0v) is 14.1. The molecule has 0 fully saturated rings. The van der Waals surface area contributed by atoms with E-state index in [1.54, 1.807) is 0 Å². The van der Waals surface area contributed by atoms with E-state index in [0.717, 1.165) is 12.1 Å². The molecule has 0 saturated carbocycles. The molecule has 9 heteroatoms. The number of hydrogen-bond acceptors (Lipinski definition) is 1. The van der Waals surface area contributed by atoms with Crippen molar-refractivity contribution >= 4 is 29.9 Å². The summed E-state index contributed by atoms with van der Waals surface area (Å²) in [5.41, 5.74) is 0.314. The van der Waals surface area contributed by atoms with Gasteiger partial charge < -0.3 is 10.6 Å². The first-order valence-corrected chi connectivity index (χ1v) is 6.27. The van der Waals surface area contributed by atoms with Crippen LogP contribution in [0.1, 0.15) is 12.0 Å². The Morgan fingerprint density at radius 1 is 1.14 bits per heavy atom. The summed E-state index contributed by atoms with van der Waals surface area (Å²) in [5.74, 6) is -1.12. The molecular formula is C13H17F5IN3. The molecule has 0 bridgehead atoms. The summed E-state index contributed by atoms with van der Waals surface area (Å²) in [5, 5.41) is 5.26. The Morgan fingerprint density at radius 3 is 2.32 bits per heavy atom. The largest absolute Gasteiger partial charge is 0.390 e. The van der Waals surface area contributed by atoms with Crippen molar-refractivity contribution in [1.82, 2.24) is 10.6 Å². The molecule has 0 aromatic heterocycles. The summed E-state index contributed by atoms with van der Waals surface area (Å²) in [7, 11) is 1.42. The highest BCUT2D eigenvalue weighted by Crippen LogP contribution is 2.18. The molecule has 1 rings (SSSR count). The highest BCUT2D eigenvalue weighted by Gasteiger charge is 2.26. The monoisotopic (exact) mass is 437 g/mol. The number of alkyl halides is 3. The second kappa shape index (κ2) is 9.80. The van der Waals surface area contributed by atoms with Gasteiger partial charge in [-0.05, 0) is 18.1 Å². The summed E-state index contributed by atoms with van der Waals surface area (Å²) >= 11 is 0. The molecule has 0 atom stereocenters. The predicted octanol–water partition coefficient (Wildman–Crippen LogP) is 3.24. The van der Waals surface area contributed by atoms with Gasteiger partial charge in [0.1, 0.15) is 11.6 Å². The molecule has 0 amide bonds. The van der Waals surface area contributed by atoms with E-state index in [1.165, 1.54) is 13.1 Å². The lowest BCUT2D eigenvalue weighted by molar-refractivity contribution is -0.132. The minimum Gasteiger partial charge on any atom is -0.356 e. The molecule has 2 N–H and O–H groups in total. The van der Waals surface area contributed by atoms with E-state index < -0.39 is 24.2 Å². The van der Waals surface area contributed by atoms with Crippen molar-refractivity contribution in [1.29, 1.82) is 0 Å². The van der Waals surface area contributed by atoms with Crippen molar-refractivity contribution < 1.29 is 22.0 Å². The molecule has 126 valence electrons. The molecule has 0 saturated heterocycles. The smallest absolute Gasteiger partial charge is 0.356 e. The first-order valence-electron chi connectivity index (χ1n) is 6.27. The zero-order valence-electron chi connectivity index (χ0n) is 11.8. The molecule has 0 spiro atoms. The Balaban J connectivity index is 0.00000441. The van der Waals surface area contributed by atoms with Crippen molar-refractivity contribution in [3.63, 3.8) is 0 Å². The van der Waals surface area contributed by atoms with Gasteiger partial charge in [0.05, 0.1) is 6.42 Å². The summed E-state index contributed by atoms with van der Waals surface area (Å²) < 4.78 is 62.0. The highest BCUT2D eigenvalue weighted by atomic mass is 127. The predicted molar refractivity (Wildman–Crippen MR) is 85.5 cm³/mol. The first-order chi connectivity index (χ1) is 9.81. The summed E-state index contributed by atoms with van der Waals surface area (Å²) in [4.78, 5) is 3.75. The maximum absolute atomic E-state index is 13.4. The maximum Gasteiger partial charge on any atom is 0.390 e. The van der Waals surface area contributed by atoms with Crippen LogP contribution in [-0.2, 0) is 6.42 Å². The summed E-state index contributed by atoms with van der Waals surface area (Å²) in [6, 6.07) is 3.26. The van der Waals surface area contributed by atoms with Crippen LogP contribution in [-0.4, -0.2) is 32.3 Å². The quantitative estimate of drug-likeness (QED) is 0.321. The van der Waals surface area contributed by atoms with E-state index in [2.05, 4.69) is 15.6 Å². The highest BCUT2D eigenvalue weighted by molar-refractivity contribution is 14.0. The fraction of sp³-hybridized carbons (Fsp3) is 0.462. The third-order valence-electron chi connectivity index (χ3n) is 2.63. The SMILES string of the molecule is CN=C(NCCc1ccc(F)cc1F)NCCC(F)(F)F.I. The van der Waals surface area contributed by atoms with E-state index in [9.17, 15) is 22.0 Å². The average Bonchev–Trinajstić information content (AvgIpc) is 2.38. The van der Waals surface area contributed by atoms with Crippen LogP contribution in [0.3, 0.4) is 0 Å². The Bertz CT molecular complexity index is 491. The summed E-state index contributed by atoms with van der Waals surface area (Å²) in [6.07, 6.45) is -4.95. The van der Waals surface area contributed by atoms with Gasteiger partial charge in [0, 0.05) is 26.2 Å². The fourth-order valence-electron chi connectivity index (χ4n) is 1.58. The van der Waals surface area contributed by atoms with Gasteiger partial charge in [0.2, 0.25) is 0 Å². The molecule has 22 heavy (non-hydrogen) atoms. The van der Waals surface area contributed by atoms with Crippen LogP contribution in [0.5, 0.6) is 0 Å². The van der Waals surface area contributed by atoms with E-state index in [0.29, 0.717) is 5.56 Å². The normalized spacial score (nSPS) is 11.8. The number of hydrogen-bond donors (Lipinski definition) is 2. The van der Waals surface area contributed by atoms with E-state index in [4.69, 9.17) is 0 Å². The van der Waals surface area contributed by atoms with Crippen LogP contribution in [0.4, 0.5) is 22.0 Å². The van der Waals surface area contributed by atoms with Crippen LogP contribution in [0.2, 0.25) is 0 Å². The van der Waals surface area contributed by atoms with Gasteiger partial charge in [-0.15, -0.1) is 24.0 Å². The molecule has 0 aliphatic carbocycles. The van der Waals surface area contributed by atoms with E-state index >= 15 is 0 Å². The maximum atomic E-state index is 13.4. The Labute approximate surface area is 142 Å². The first kappa shape index (κ1) is 20.9. The zero-order chi connectivity index (χ0) is 15.9.